The minimum Gasteiger partial charge on any atom is -0.492 e. The molecule has 0 fully saturated rings. The van der Waals surface area contributed by atoms with Crippen LogP contribution in [0.25, 0.3) is 10.9 Å². The monoisotopic (exact) mass is 258 g/mol. The summed E-state index contributed by atoms with van der Waals surface area (Å²) < 4.78 is 5.74. The fourth-order valence-electron chi connectivity index (χ4n) is 2.03. The average molecular weight is 258 g/mol. The molecule has 0 aliphatic rings. The SMILES string of the molecule is CCNCCCCCOc1cnc2ccccc2c1. The molecule has 0 unspecified atom stereocenters. The van der Waals surface area contributed by atoms with Gasteiger partial charge in [0.1, 0.15) is 5.75 Å². The maximum atomic E-state index is 5.74. The van der Waals surface area contributed by atoms with Crippen molar-refractivity contribution in [3.8, 4) is 5.75 Å². The Morgan fingerprint density at radius 3 is 2.95 bits per heavy atom. The molecule has 0 atom stereocenters. The van der Waals surface area contributed by atoms with Gasteiger partial charge in [-0.25, -0.2) is 0 Å². The van der Waals surface area contributed by atoms with E-state index in [9.17, 15) is 0 Å². The van der Waals surface area contributed by atoms with Crippen LogP contribution in [0.1, 0.15) is 26.2 Å². The molecule has 0 radical (unpaired) electrons. The van der Waals surface area contributed by atoms with Crippen molar-refractivity contribution in [1.29, 1.82) is 0 Å². The molecule has 1 aromatic heterocycles. The second-order valence-corrected chi connectivity index (χ2v) is 4.63. The summed E-state index contributed by atoms with van der Waals surface area (Å²) in [5.74, 6) is 0.866. The number of ether oxygens (including phenoxy) is 1. The molecule has 0 spiro atoms. The number of rotatable bonds is 8. The molecular formula is C16H22N2O. The van der Waals surface area contributed by atoms with Crippen LogP contribution in [0.4, 0.5) is 0 Å². The van der Waals surface area contributed by atoms with Crippen molar-refractivity contribution in [2.45, 2.75) is 26.2 Å². The maximum absolute atomic E-state index is 5.74. The molecular weight excluding hydrogens is 236 g/mol. The average Bonchev–Trinajstić information content (AvgIpc) is 2.46. The molecule has 0 saturated carbocycles. The molecule has 1 N–H and O–H groups in total. The summed E-state index contributed by atoms with van der Waals surface area (Å²) in [5, 5.41) is 4.46. The van der Waals surface area contributed by atoms with Crippen LogP contribution in [0.15, 0.2) is 36.5 Å². The number of hydrogen-bond acceptors (Lipinski definition) is 3. The van der Waals surface area contributed by atoms with Crippen molar-refractivity contribution in [2.24, 2.45) is 0 Å². The first-order valence-corrected chi connectivity index (χ1v) is 7.08. The van der Waals surface area contributed by atoms with Crippen LogP contribution >= 0.6 is 0 Å². The van der Waals surface area contributed by atoms with Crippen molar-refractivity contribution in [2.75, 3.05) is 19.7 Å². The molecule has 3 heteroatoms. The van der Waals surface area contributed by atoms with Crippen molar-refractivity contribution < 1.29 is 4.74 Å². The Labute approximate surface area is 115 Å². The predicted molar refractivity (Wildman–Crippen MR) is 79.6 cm³/mol. The van der Waals surface area contributed by atoms with Gasteiger partial charge in [-0.1, -0.05) is 25.1 Å². The quantitative estimate of drug-likeness (QED) is 0.737. The lowest BCUT2D eigenvalue weighted by molar-refractivity contribution is 0.304. The number of para-hydroxylation sites is 1. The Hall–Kier alpha value is -1.61. The fourth-order valence-corrected chi connectivity index (χ4v) is 2.03. The van der Waals surface area contributed by atoms with E-state index in [-0.39, 0.29) is 0 Å². The smallest absolute Gasteiger partial charge is 0.138 e. The van der Waals surface area contributed by atoms with E-state index < -0.39 is 0 Å². The van der Waals surface area contributed by atoms with Gasteiger partial charge in [0, 0.05) is 5.39 Å². The summed E-state index contributed by atoms with van der Waals surface area (Å²) in [7, 11) is 0. The zero-order valence-electron chi connectivity index (χ0n) is 11.6. The highest BCUT2D eigenvalue weighted by Gasteiger charge is 1.98. The van der Waals surface area contributed by atoms with Gasteiger partial charge in [0.15, 0.2) is 0 Å². The molecule has 2 rings (SSSR count). The summed E-state index contributed by atoms with van der Waals surface area (Å²) in [4.78, 5) is 4.39. The van der Waals surface area contributed by atoms with E-state index in [4.69, 9.17) is 4.74 Å². The van der Waals surface area contributed by atoms with Crippen molar-refractivity contribution >= 4 is 10.9 Å². The first kappa shape index (κ1) is 13.8. The van der Waals surface area contributed by atoms with Gasteiger partial charge >= 0.3 is 0 Å². The van der Waals surface area contributed by atoms with Gasteiger partial charge in [-0.2, -0.15) is 0 Å². The molecule has 19 heavy (non-hydrogen) atoms. The highest BCUT2D eigenvalue weighted by Crippen LogP contribution is 2.18. The minimum atomic E-state index is 0.770. The second kappa shape index (κ2) is 7.74. The summed E-state index contributed by atoms with van der Waals surface area (Å²) in [6.45, 7) is 5.06. The van der Waals surface area contributed by atoms with Gasteiger partial charge < -0.3 is 10.1 Å². The molecule has 0 bridgehead atoms. The third kappa shape index (κ3) is 4.52. The fraction of sp³-hybridized carbons (Fsp3) is 0.438. The summed E-state index contributed by atoms with van der Waals surface area (Å²) in [6.07, 6.45) is 5.32. The number of nitrogens with one attached hydrogen (secondary N) is 1. The third-order valence-electron chi connectivity index (χ3n) is 3.08. The number of nitrogens with zero attached hydrogens (tertiary/aromatic N) is 1. The van der Waals surface area contributed by atoms with Gasteiger partial charge in [-0.05, 0) is 44.5 Å². The highest BCUT2D eigenvalue weighted by molar-refractivity contribution is 5.79. The lowest BCUT2D eigenvalue weighted by Crippen LogP contribution is -2.14. The predicted octanol–water partition coefficient (Wildman–Crippen LogP) is 3.39. The zero-order chi connectivity index (χ0) is 13.3. The van der Waals surface area contributed by atoms with Crippen molar-refractivity contribution in [3.05, 3.63) is 36.5 Å². The van der Waals surface area contributed by atoms with E-state index in [0.29, 0.717) is 0 Å². The van der Waals surface area contributed by atoms with Gasteiger partial charge in [-0.3, -0.25) is 4.98 Å². The minimum absolute atomic E-state index is 0.770. The molecule has 102 valence electrons. The summed E-state index contributed by atoms with van der Waals surface area (Å²) in [5.41, 5.74) is 1.01. The van der Waals surface area contributed by atoms with E-state index in [0.717, 1.165) is 42.8 Å². The number of fused-ring (bicyclic) bond motifs is 1. The zero-order valence-corrected chi connectivity index (χ0v) is 11.6. The van der Waals surface area contributed by atoms with Gasteiger partial charge in [-0.15, -0.1) is 0 Å². The number of aromatic nitrogens is 1. The van der Waals surface area contributed by atoms with E-state index in [1.165, 1.54) is 12.8 Å². The van der Waals surface area contributed by atoms with E-state index in [1.807, 2.05) is 18.2 Å². The Kier molecular flexibility index (Phi) is 5.63. The first-order valence-electron chi connectivity index (χ1n) is 7.08. The Bertz CT molecular complexity index is 499. The van der Waals surface area contributed by atoms with E-state index in [2.05, 4.69) is 29.4 Å². The van der Waals surface area contributed by atoms with Crippen LogP contribution in [0, 0.1) is 0 Å². The molecule has 1 aromatic carbocycles. The Balaban J connectivity index is 1.72. The van der Waals surface area contributed by atoms with Gasteiger partial charge in [0.25, 0.3) is 0 Å². The van der Waals surface area contributed by atoms with Crippen LogP contribution in [-0.4, -0.2) is 24.7 Å². The van der Waals surface area contributed by atoms with Gasteiger partial charge in [0.05, 0.1) is 18.3 Å². The topological polar surface area (TPSA) is 34.1 Å². The Morgan fingerprint density at radius 1 is 1.16 bits per heavy atom. The van der Waals surface area contributed by atoms with E-state index in [1.54, 1.807) is 6.20 Å². The van der Waals surface area contributed by atoms with Crippen molar-refractivity contribution in [3.63, 3.8) is 0 Å². The first-order chi connectivity index (χ1) is 9.40. The lowest BCUT2D eigenvalue weighted by Gasteiger charge is -2.07. The molecule has 0 saturated heterocycles. The van der Waals surface area contributed by atoms with Crippen LogP contribution in [0.2, 0.25) is 0 Å². The van der Waals surface area contributed by atoms with Crippen LogP contribution in [0.5, 0.6) is 5.75 Å². The molecule has 3 nitrogen and oxygen atoms in total. The molecule has 0 aliphatic carbocycles. The summed E-state index contributed by atoms with van der Waals surface area (Å²) >= 11 is 0. The molecule has 0 amide bonds. The molecule has 2 aromatic rings. The van der Waals surface area contributed by atoms with E-state index >= 15 is 0 Å². The molecule has 1 heterocycles. The number of benzene rings is 1. The number of pyridine rings is 1. The summed E-state index contributed by atoms with van der Waals surface area (Å²) in [6, 6.07) is 10.2. The Morgan fingerprint density at radius 2 is 2.05 bits per heavy atom. The lowest BCUT2D eigenvalue weighted by atomic mass is 10.2. The van der Waals surface area contributed by atoms with Crippen LogP contribution < -0.4 is 10.1 Å². The number of hydrogen-bond donors (Lipinski definition) is 1. The van der Waals surface area contributed by atoms with Crippen LogP contribution in [-0.2, 0) is 0 Å². The van der Waals surface area contributed by atoms with Crippen LogP contribution in [0.3, 0.4) is 0 Å². The maximum Gasteiger partial charge on any atom is 0.138 e. The number of unbranched alkanes of at least 4 members (excludes halogenated alkanes) is 2. The third-order valence-corrected chi connectivity index (χ3v) is 3.08. The molecule has 0 aliphatic heterocycles. The normalized spacial score (nSPS) is 10.8. The van der Waals surface area contributed by atoms with Crippen molar-refractivity contribution in [1.82, 2.24) is 10.3 Å². The standard InChI is InChI=1S/C16H22N2O/c1-2-17-10-6-3-7-11-19-15-12-14-8-4-5-9-16(14)18-13-15/h4-5,8-9,12-13,17H,2-3,6-7,10-11H2,1H3. The second-order valence-electron chi connectivity index (χ2n) is 4.63. The van der Waals surface area contributed by atoms with Gasteiger partial charge in [0.2, 0.25) is 0 Å². The highest BCUT2D eigenvalue weighted by atomic mass is 16.5. The largest absolute Gasteiger partial charge is 0.492 e.